The second-order valence-corrected chi connectivity index (χ2v) is 7.65. The Hall–Kier alpha value is -1.56. The minimum atomic E-state index is -0.176. The zero-order chi connectivity index (χ0) is 18.5. The van der Waals surface area contributed by atoms with Gasteiger partial charge in [-0.25, -0.2) is 4.39 Å². The van der Waals surface area contributed by atoms with Gasteiger partial charge < -0.3 is 4.90 Å². The lowest BCUT2D eigenvalue weighted by molar-refractivity contribution is 0.0761. The Balaban J connectivity index is 1.67. The van der Waals surface area contributed by atoms with E-state index in [0.717, 1.165) is 24.4 Å². The molecule has 0 bridgehead atoms. The number of benzene rings is 2. The first-order valence-electron chi connectivity index (χ1n) is 8.67. The van der Waals surface area contributed by atoms with Gasteiger partial charge in [-0.1, -0.05) is 29.8 Å². The average molecular weight is 393 g/mol. The smallest absolute Gasteiger partial charge is 0.255 e. The van der Waals surface area contributed by atoms with Crippen molar-refractivity contribution in [3.05, 3.63) is 64.4 Å². The molecule has 1 aliphatic heterocycles. The first kappa shape index (κ1) is 19.2. The van der Waals surface area contributed by atoms with Crippen molar-refractivity contribution in [1.29, 1.82) is 0 Å². The summed E-state index contributed by atoms with van der Waals surface area (Å²) in [5.74, 6) is -0.205. The maximum atomic E-state index is 13.9. The fourth-order valence-corrected chi connectivity index (χ4v) is 3.80. The molecule has 2 aromatic carbocycles. The molecule has 0 radical (unpaired) electrons. The van der Waals surface area contributed by atoms with Gasteiger partial charge in [0.1, 0.15) is 5.82 Å². The lowest BCUT2D eigenvalue weighted by atomic mass is 10.2. The topological polar surface area (TPSA) is 23.6 Å². The summed E-state index contributed by atoms with van der Waals surface area (Å²) < 4.78 is 13.9. The molecule has 0 spiro atoms. The van der Waals surface area contributed by atoms with Crippen molar-refractivity contribution in [1.82, 2.24) is 9.80 Å². The molecule has 0 saturated carbocycles. The Morgan fingerprint density at radius 3 is 2.73 bits per heavy atom. The fraction of sp³-hybridized carbons (Fsp3) is 0.350. The Labute approximate surface area is 163 Å². The molecule has 1 saturated heterocycles. The summed E-state index contributed by atoms with van der Waals surface area (Å²) in [4.78, 5) is 18.0. The predicted molar refractivity (Wildman–Crippen MR) is 105 cm³/mol. The molecule has 0 aliphatic carbocycles. The zero-order valence-electron chi connectivity index (χ0n) is 14.8. The maximum Gasteiger partial charge on any atom is 0.255 e. The van der Waals surface area contributed by atoms with Crippen LogP contribution < -0.4 is 0 Å². The van der Waals surface area contributed by atoms with Crippen LogP contribution in [0.4, 0.5) is 4.39 Å². The summed E-state index contributed by atoms with van der Waals surface area (Å²) in [6, 6.07) is 12.4. The van der Waals surface area contributed by atoms with Gasteiger partial charge in [0.15, 0.2) is 0 Å². The van der Waals surface area contributed by atoms with Gasteiger partial charge in [-0.15, -0.1) is 11.8 Å². The summed E-state index contributed by atoms with van der Waals surface area (Å²) in [7, 11) is 0. The number of halogens is 2. The van der Waals surface area contributed by atoms with Crippen LogP contribution in [0.25, 0.3) is 0 Å². The van der Waals surface area contributed by atoms with E-state index in [1.54, 1.807) is 23.9 Å². The van der Waals surface area contributed by atoms with E-state index in [0.29, 0.717) is 35.8 Å². The highest BCUT2D eigenvalue weighted by Crippen LogP contribution is 2.25. The van der Waals surface area contributed by atoms with Crippen LogP contribution in [0.15, 0.2) is 47.4 Å². The van der Waals surface area contributed by atoms with Crippen LogP contribution >= 0.6 is 23.4 Å². The SMILES string of the molecule is CSc1ccc(Cl)c(C(=O)N2CCCN(Cc3ccccc3F)CC2)c1. The second-order valence-electron chi connectivity index (χ2n) is 6.36. The van der Waals surface area contributed by atoms with Gasteiger partial charge in [-0.3, -0.25) is 9.69 Å². The molecule has 1 fully saturated rings. The summed E-state index contributed by atoms with van der Waals surface area (Å²) in [5, 5.41) is 0.486. The Kier molecular flexibility index (Phi) is 6.57. The fourth-order valence-electron chi connectivity index (χ4n) is 3.17. The first-order chi connectivity index (χ1) is 12.6. The minimum absolute atomic E-state index is 0.0290. The monoisotopic (exact) mass is 392 g/mol. The first-order valence-corrected chi connectivity index (χ1v) is 10.3. The van der Waals surface area contributed by atoms with Crippen molar-refractivity contribution in [3.63, 3.8) is 0 Å². The molecule has 1 amide bonds. The number of hydrogen-bond donors (Lipinski definition) is 0. The van der Waals surface area contributed by atoms with E-state index in [-0.39, 0.29) is 11.7 Å². The van der Waals surface area contributed by atoms with Crippen LogP contribution in [0.5, 0.6) is 0 Å². The highest BCUT2D eigenvalue weighted by molar-refractivity contribution is 7.98. The van der Waals surface area contributed by atoms with Crippen LogP contribution in [-0.4, -0.2) is 48.1 Å². The number of carbonyl (C=O) groups excluding carboxylic acids is 1. The molecule has 0 unspecified atom stereocenters. The van der Waals surface area contributed by atoms with Crippen LogP contribution in [0.2, 0.25) is 5.02 Å². The van der Waals surface area contributed by atoms with Gasteiger partial charge in [0, 0.05) is 43.2 Å². The van der Waals surface area contributed by atoms with Crippen molar-refractivity contribution in [2.75, 3.05) is 32.4 Å². The van der Waals surface area contributed by atoms with E-state index >= 15 is 0 Å². The second kappa shape index (κ2) is 8.89. The number of nitrogens with zero attached hydrogens (tertiary/aromatic N) is 2. The summed E-state index contributed by atoms with van der Waals surface area (Å²) >= 11 is 7.84. The van der Waals surface area contributed by atoms with E-state index in [9.17, 15) is 9.18 Å². The average Bonchev–Trinajstić information content (AvgIpc) is 2.89. The van der Waals surface area contributed by atoms with Crippen molar-refractivity contribution < 1.29 is 9.18 Å². The van der Waals surface area contributed by atoms with E-state index in [1.165, 1.54) is 6.07 Å². The molecule has 2 aromatic rings. The van der Waals surface area contributed by atoms with Crippen LogP contribution in [0.1, 0.15) is 22.3 Å². The number of hydrogen-bond acceptors (Lipinski definition) is 3. The molecule has 1 heterocycles. The van der Waals surface area contributed by atoms with Gasteiger partial charge in [0.05, 0.1) is 10.6 Å². The number of rotatable bonds is 4. The van der Waals surface area contributed by atoms with E-state index in [4.69, 9.17) is 11.6 Å². The Morgan fingerprint density at radius 2 is 1.96 bits per heavy atom. The molecule has 3 nitrogen and oxygen atoms in total. The summed E-state index contributed by atoms with van der Waals surface area (Å²) in [6.45, 7) is 3.44. The van der Waals surface area contributed by atoms with Crippen molar-refractivity contribution in [2.24, 2.45) is 0 Å². The van der Waals surface area contributed by atoms with Gasteiger partial charge >= 0.3 is 0 Å². The van der Waals surface area contributed by atoms with Crippen LogP contribution in [0, 0.1) is 5.82 Å². The number of carbonyl (C=O) groups is 1. The Morgan fingerprint density at radius 1 is 1.15 bits per heavy atom. The number of amides is 1. The summed E-state index contributed by atoms with van der Waals surface area (Å²) in [5.41, 5.74) is 1.25. The van der Waals surface area contributed by atoms with E-state index in [1.807, 2.05) is 35.4 Å². The molecule has 0 aromatic heterocycles. The molecule has 138 valence electrons. The Bertz CT molecular complexity index is 786. The lowest BCUT2D eigenvalue weighted by Gasteiger charge is -2.23. The molecule has 0 N–H and O–H groups in total. The van der Waals surface area contributed by atoms with Crippen molar-refractivity contribution >= 4 is 29.3 Å². The van der Waals surface area contributed by atoms with Crippen molar-refractivity contribution in [3.8, 4) is 0 Å². The van der Waals surface area contributed by atoms with Crippen LogP contribution in [-0.2, 0) is 6.54 Å². The van der Waals surface area contributed by atoms with Gasteiger partial charge in [-0.2, -0.15) is 0 Å². The third-order valence-corrected chi connectivity index (χ3v) is 5.69. The van der Waals surface area contributed by atoms with Gasteiger partial charge in [0.25, 0.3) is 5.91 Å². The highest BCUT2D eigenvalue weighted by atomic mass is 35.5. The van der Waals surface area contributed by atoms with E-state index < -0.39 is 0 Å². The molecule has 26 heavy (non-hydrogen) atoms. The quantitative estimate of drug-likeness (QED) is 0.713. The molecule has 6 heteroatoms. The molecule has 3 rings (SSSR count). The normalized spacial score (nSPS) is 15.7. The maximum absolute atomic E-state index is 13.9. The van der Waals surface area contributed by atoms with E-state index in [2.05, 4.69) is 4.90 Å². The summed E-state index contributed by atoms with van der Waals surface area (Å²) in [6.07, 6.45) is 2.84. The number of thioether (sulfide) groups is 1. The third kappa shape index (κ3) is 4.58. The largest absolute Gasteiger partial charge is 0.337 e. The molecule has 0 atom stereocenters. The standard InChI is InChI=1S/C20H22ClFN2OS/c1-26-16-7-8-18(21)17(13-16)20(25)24-10-4-9-23(11-12-24)14-15-5-2-3-6-19(15)22/h2-3,5-8,13H,4,9-12,14H2,1H3. The highest BCUT2D eigenvalue weighted by Gasteiger charge is 2.22. The zero-order valence-corrected chi connectivity index (χ0v) is 16.3. The molecule has 1 aliphatic rings. The van der Waals surface area contributed by atoms with Gasteiger partial charge in [-0.05, 0) is 36.9 Å². The molecular formula is C20H22ClFN2OS. The lowest BCUT2D eigenvalue weighted by Crippen LogP contribution is -2.35. The van der Waals surface area contributed by atoms with Crippen molar-refractivity contribution in [2.45, 2.75) is 17.9 Å². The molecular weight excluding hydrogens is 371 g/mol. The van der Waals surface area contributed by atoms with Gasteiger partial charge in [0.2, 0.25) is 0 Å². The van der Waals surface area contributed by atoms with Crippen LogP contribution in [0.3, 0.4) is 0 Å². The third-order valence-electron chi connectivity index (χ3n) is 4.63. The minimum Gasteiger partial charge on any atom is -0.337 e. The predicted octanol–water partition coefficient (Wildman–Crippen LogP) is 4.55.